The highest BCUT2D eigenvalue weighted by Crippen LogP contribution is 2.65. The van der Waals surface area contributed by atoms with E-state index in [0.29, 0.717) is 11.3 Å². The van der Waals surface area contributed by atoms with E-state index >= 15 is 0 Å². The lowest BCUT2D eigenvalue weighted by atomic mass is 9.88. The zero-order chi connectivity index (χ0) is 20.9. The van der Waals surface area contributed by atoms with Crippen molar-refractivity contribution in [3.05, 3.63) is 88.6 Å². The number of ether oxygens (including phenoxy) is 1. The van der Waals surface area contributed by atoms with E-state index in [4.69, 9.17) is 19.5 Å². The van der Waals surface area contributed by atoms with Gasteiger partial charge in [0, 0.05) is 5.56 Å². The summed E-state index contributed by atoms with van der Waals surface area (Å²) in [5.41, 5.74) is 7.72. The Morgan fingerprint density at radius 1 is 1.03 bits per heavy atom. The summed E-state index contributed by atoms with van der Waals surface area (Å²) in [7, 11) is -3.80. The molecule has 1 aliphatic heterocycles. The van der Waals surface area contributed by atoms with Crippen molar-refractivity contribution < 1.29 is 18.3 Å². The fourth-order valence-corrected chi connectivity index (χ4v) is 5.36. The second kappa shape index (κ2) is 9.11. The smallest absolute Gasteiger partial charge is 0.362 e. The highest BCUT2D eigenvalue weighted by atomic mass is 31.2. The molecule has 0 aliphatic carbocycles. The van der Waals surface area contributed by atoms with E-state index in [1.807, 2.05) is 60.7 Å². The van der Waals surface area contributed by atoms with Crippen molar-refractivity contribution in [1.82, 2.24) is 0 Å². The van der Waals surface area contributed by atoms with E-state index in [2.05, 4.69) is 6.07 Å². The van der Waals surface area contributed by atoms with Gasteiger partial charge in [0.1, 0.15) is 17.4 Å². The van der Waals surface area contributed by atoms with E-state index in [1.165, 1.54) is 0 Å². The zero-order valence-corrected chi connectivity index (χ0v) is 17.3. The Hall–Kier alpha value is -2.84. The number of allylic oxidation sites excluding steroid dienone is 2. The molecule has 2 aromatic rings. The molecule has 150 valence electrons. The first-order valence-electron chi connectivity index (χ1n) is 9.37. The summed E-state index contributed by atoms with van der Waals surface area (Å²) in [5, 5.41) is 10.1. The molecule has 2 aromatic carbocycles. The molecule has 29 heavy (non-hydrogen) atoms. The topological polar surface area (TPSA) is 94.6 Å². The van der Waals surface area contributed by atoms with Gasteiger partial charge in [0.15, 0.2) is 0 Å². The molecule has 6 nitrogen and oxygen atoms in total. The minimum atomic E-state index is -3.80. The van der Waals surface area contributed by atoms with Crippen LogP contribution in [0.4, 0.5) is 0 Å². The number of nitriles is 1. The molecule has 0 saturated carbocycles. The Kier molecular flexibility index (Phi) is 6.56. The van der Waals surface area contributed by atoms with Gasteiger partial charge >= 0.3 is 7.60 Å². The molecule has 7 heteroatoms. The van der Waals surface area contributed by atoms with Crippen molar-refractivity contribution in [3.8, 4) is 6.07 Å². The second-order valence-corrected chi connectivity index (χ2v) is 8.24. The summed E-state index contributed by atoms with van der Waals surface area (Å²) in [5.74, 6) is -0.446. The van der Waals surface area contributed by atoms with Crippen molar-refractivity contribution in [1.29, 1.82) is 5.26 Å². The molecule has 1 atom stereocenters. The molecule has 0 radical (unpaired) electrons. The third-order valence-corrected chi connectivity index (χ3v) is 6.70. The first-order chi connectivity index (χ1) is 14.1. The van der Waals surface area contributed by atoms with Crippen LogP contribution in [0.15, 0.2) is 77.4 Å². The Morgan fingerprint density at radius 2 is 1.59 bits per heavy atom. The number of nitrogens with two attached hydrogens (primary N) is 1. The van der Waals surface area contributed by atoms with Crippen molar-refractivity contribution in [2.45, 2.75) is 19.8 Å². The zero-order valence-electron chi connectivity index (χ0n) is 16.4. The minimum absolute atomic E-state index is 0.0245. The first kappa shape index (κ1) is 20.9. The van der Waals surface area contributed by atoms with E-state index in [-0.39, 0.29) is 30.0 Å². The van der Waals surface area contributed by atoms with E-state index in [1.54, 1.807) is 13.8 Å². The standard InChI is InChI=1S/C22H23N2O4P/c1-3-26-29(25,27-4-2)21-19(16-11-7-5-8-12-16)18(15-23)22(24)28-20(21)17-13-9-6-10-14-17/h5-14,19H,3-4,24H2,1-2H3. The lowest BCUT2D eigenvalue weighted by Gasteiger charge is -2.32. The number of hydrogen-bond acceptors (Lipinski definition) is 6. The summed E-state index contributed by atoms with van der Waals surface area (Å²) in [6.07, 6.45) is 0. The largest absolute Gasteiger partial charge is 0.439 e. The van der Waals surface area contributed by atoms with Gasteiger partial charge < -0.3 is 19.5 Å². The summed E-state index contributed by atoms with van der Waals surface area (Å²) in [4.78, 5) is 0. The maximum atomic E-state index is 13.9. The SMILES string of the molecule is CCOP(=O)(OCC)C1=C(c2ccccc2)OC(N)=C(C#N)C1c1ccccc1. The lowest BCUT2D eigenvalue weighted by Crippen LogP contribution is -2.22. The number of nitrogens with zero attached hydrogens (tertiary/aromatic N) is 1. The summed E-state index contributed by atoms with van der Waals surface area (Å²) in [6, 6.07) is 20.6. The third-order valence-electron chi connectivity index (χ3n) is 4.45. The van der Waals surface area contributed by atoms with Crippen molar-refractivity contribution in [3.63, 3.8) is 0 Å². The maximum Gasteiger partial charge on any atom is 0.362 e. The number of benzene rings is 2. The normalized spacial score (nSPS) is 17.1. The van der Waals surface area contributed by atoms with Gasteiger partial charge in [-0.25, -0.2) is 0 Å². The van der Waals surface area contributed by atoms with Gasteiger partial charge in [-0.05, 0) is 19.4 Å². The van der Waals surface area contributed by atoms with Crippen LogP contribution in [-0.4, -0.2) is 13.2 Å². The van der Waals surface area contributed by atoms with Crippen LogP contribution in [0, 0.1) is 11.3 Å². The summed E-state index contributed by atoms with van der Waals surface area (Å²) >= 11 is 0. The van der Waals surface area contributed by atoms with Gasteiger partial charge in [-0.2, -0.15) is 5.26 Å². The van der Waals surface area contributed by atoms with E-state index < -0.39 is 13.5 Å². The molecule has 1 unspecified atom stereocenters. The maximum absolute atomic E-state index is 13.9. The molecule has 0 spiro atoms. The first-order valence-corrected chi connectivity index (χ1v) is 10.9. The third kappa shape index (κ3) is 4.13. The molecule has 0 aromatic heterocycles. The fraction of sp³-hybridized carbons (Fsp3) is 0.227. The Morgan fingerprint density at radius 3 is 2.10 bits per heavy atom. The van der Waals surface area contributed by atoms with Crippen LogP contribution in [0.1, 0.15) is 30.9 Å². The van der Waals surface area contributed by atoms with Crippen LogP contribution < -0.4 is 5.73 Å². The van der Waals surface area contributed by atoms with Gasteiger partial charge in [0.2, 0.25) is 5.88 Å². The molecule has 0 amide bonds. The minimum Gasteiger partial charge on any atom is -0.439 e. The molecule has 3 rings (SSSR count). The molecule has 2 N–H and O–H groups in total. The molecule has 0 saturated heterocycles. The number of rotatable bonds is 7. The van der Waals surface area contributed by atoms with Gasteiger partial charge in [0.25, 0.3) is 0 Å². The predicted molar refractivity (Wildman–Crippen MR) is 111 cm³/mol. The van der Waals surface area contributed by atoms with E-state index in [0.717, 1.165) is 5.56 Å². The molecular formula is C22H23N2O4P. The van der Waals surface area contributed by atoms with Crippen molar-refractivity contribution >= 4 is 13.4 Å². The highest BCUT2D eigenvalue weighted by Gasteiger charge is 2.45. The molecule has 1 heterocycles. The van der Waals surface area contributed by atoms with Crippen LogP contribution in [0.5, 0.6) is 0 Å². The van der Waals surface area contributed by atoms with Crippen molar-refractivity contribution in [2.75, 3.05) is 13.2 Å². The Balaban J connectivity index is 2.36. The average molecular weight is 410 g/mol. The van der Waals surface area contributed by atoms with E-state index in [9.17, 15) is 9.83 Å². The summed E-state index contributed by atoms with van der Waals surface area (Å²) < 4.78 is 31.1. The van der Waals surface area contributed by atoms with Gasteiger partial charge in [-0.1, -0.05) is 60.7 Å². The average Bonchev–Trinajstić information content (AvgIpc) is 2.74. The quantitative estimate of drug-likeness (QED) is 0.636. The number of hydrogen-bond donors (Lipinski definition) is 1. The van der Waals surface area contributed by atoms with Crippen LogP contribution in [-0.2, 0) is 18.3 Å². The summed E-state index contributed by atoms with van der Waals surface area (Å²) in [6.45, 7) is 3.83. The monoisotopic (exact) mass is 410 g/mol. The fourth-order valence-electron chi connectivity index (χ4n) is 3.31. The van der Waals surface area contributed by atoms with Gasteiger partial charge in [-0.15, -0.1) is 0 Å². The Bertz CT molecular complexity index is 1000. The van der Waals surface area contributed by atoms with Crippen LogP contribution in [0.25, 0.3) is 5.76 Å². The highest BCUT2D eigenvalue weighted by molar-refractivity contribution is 7.58. The van der Waals surface area contributed by atoms with Gasteiger partial charge in [-0.3, -0.25) is 4.57 Å². The van der Waals surface area contributed by atoms with Crippen molar-refractivity contribution in [2.24, 2.45) is 5.73 Å². The molecule has 0 fully saturated rings. The van der Waals surface area contributed by atoms with Crippen LogP contribution in [0.2, 0.25) is 0 Å². The Labute approximate surface area is 170 Å². The lowest BCUT2D eigenvalue weighted by molar-refractivity contribution is 0.223. The second-order valence-electron chi connectivity index (χ2n) is 6.25. The molecule has 1 aliphatic rings. The van der Waals surface area contributed by atoms with Gasteiger partial charge in [0.05, 0.1) is 24.4 Å². The molecule has 0 bridgehead atoms. The molecular weight excluding hydrogens is 387 g/mol. The van der Waals surface area contributed by atoms with Crippen LogP contribution >= 0.6 is 7.60 Å². The predicted octanol–water partition coefficient (Wildman–Crippen LogP) is 5.13. The van der Waals surface area contributed by atoms with Crippen LogP contribution in [0.3, 0.4) is 0 Å².